The molecule has 0 aliphatic carbocycles. The summed E-state index contributed by atoms with van der Waals surface area (Å²) in [4.78, 5) is 20.9. The molecule has 2 atom stereocenters. The van der Waals surface area contributed by atoms with E-state index in [1.165, 1.54) is 21.1 Å². The molecule has 0 aliphatic rings. The number of aromatic nitrogens is 1. The Labute approximate surface area is 127 Å². The van der Waals surface area contributed by atoms with E-state index >= 15 is 0 Å². The van der Waals surface area contributed by atoms with Crippen LogP contribution in [0.2, 0.25) is 0 Å². The summed E-state index contributed by atoms with van der Waals surface area (Å²) in [5, 5.41) is 2.57. The maximum absolute atomic E-state index is 12.4. The van der Waals surface area contributed by atoms with Crippen molar-refractivity contribution in [1.29, 1.82) is 0 Å². The van der Waals surface area contributed by atoms with Crippen molar-refractivity contribution in [2.24, 2.45) is 5.73 Å². The Bertz CT molecular complexity index is 603. The molecule has 2 aromatic rings. The lowest BCUT2D eigenvalue weighted by atomic mass is 10.2. The zero-order valence-electron chi connectivity index (χ0n) is 12.1. The summed E-state index contributed by atoms with van der Waals surface area (Å²) in [6, 6.07) is 4.06. The highest BCUT2D eigenvalue weighted by Gasteiger charge is 2.22. The Morgan fingerprint density at radius 2 is 2.10 bits per heavy atom. The third-order valence-corrected chi connectivity index (χ3v) is 5.42. The summed E-state index contributed by atoms with van der Waals surface area (Å²) in [5.41, 5.74) is 6.26. The molecule has 0 saturated carbocycles. The van der Waals surface area contributed by atoms with E-state index in [4.69, 9.17) is 5.73 Å². The first kappa shape index (κ1) is 15.2. The quantitative estimate of drug-likeness (QED) is 0.942. The average Bonchev–Trinajstić information content (AvgIpc) is 3.04. The highest BCUT2D eigenvalue weighted by Crippen LogP contribution is 2.27. The number of hydrogen-bond acceptors (Lipinski definition) is 5. The minimum absolute atomic E-state index is 0.0432. The van der Waals surface area contributed by atoms with Gasteiger partial charge in [-0.2, -0.15) is 0 Å². The van der Waals surface area contributed by atoms with Crippen molar-refractivity contribution in [1.82, 2.24) is 9.88 Å². The van der Waals surface area contributed by atoms with Gasteiger partial charge in [-0.15, -0.1) is 22.7 Å². The van der Waals surface area contributed by atoms with Crippen LogP contribution in [0.4, 0.5) is 0 Å². The molecule has 20 heavy (non-hydrogen) atoms. The van der Waals surface area contributed by atoms with Crippen molar-refractivity contribution >= 4 is 28.6 Å². The zero-order valence-corrected chi connectivity index (χ0v) is 13.7. The predicted octanol–water partition coefficient (Wildman–Crippen LogP) is 3.37. The molecular formula is C14H19N3OS2. The fraction of sp³-hybridized carbons (Fsp3) is 0.429. The summed E-state index contributed by atoms with van der Waals surface area (Å²) in [7, 11) is 1.81. The molecule has 0 aliphatic heterocycles. The summed E-state index contributed by atoms with van der Waals surface area (Å²) in [6.45, 7) is 5.97. The predicted molar refractivity (Wildman–Crippen MR) is 84.3 cm³/mol. The van der Waals surface area contributed by atoms with Crippen LogP contribution in [0.5, 0.6) is 0 Å². The molecule has 0 spiro atoms. The van der Waals surface area contributed by atoms with Crippen LogP contribution in [0, 0.1) is 6.92 Å². The molecule has 0 saturated heterocycles. The number of carbonyl (C=O) groups is 1. The number of thiazole rings is 1. The molecule has 1 amide bonds. The number of hydrogen-bond donors (Lipinski definition) is 1. The zero-order chi connectivity index (χ0) is 14.9. The topological polar surface area (TPSA) is 59.2 Å². The third kappa shape index (κ3) is 3.08. The van der Waals surface area contributed by atoms with E-state index in [9.17, 15) is 4.79 Å². The first-order valence-electron chi connectivity index (χ1n) is 6.44. The lowest BCUT2D eigenvalue weighted by molar-refractivity contribution is 0.0739. The van der Waals surface area contributed by atoms with Crippen LogP contribution >= 0.6 is 22.7 Å². The summed E-state index contributed by atoms with van der Waals surface area (Å²) >= 11 is 3.15. The molecule has 0 fully saturated rings. The normalized spacial score (nSPS) is 14.1. The van der Waals surface area contributed by atoms with Crippen LogP contribution < -0.4 is 5.73 Å². The number of nitrogens with zero attached hydrogens (tertiary/aromatic N) is 2. The van der Waals surface area contributed by atoms with Crippen molar-refractivity contribution in [2.75, 3.05) is 7.05 Å². The van der Waals surface area contributed by atoms with Crippen molar-refractivity contribution in [3.8, 4) is 0 Å². The monoisotopic (exact) mass is 309 g/mol. The molecule has 2 N–H and O–H groups in total. The molecule has 2 rings (SSSR count). The molecular weight excluding hydrogens is 290 g/mol. The maximum Gasteiger partial charge on any atom is 0.273 e. The number of amides is 1. The van der Waals surface area contributed by atoms with Gasteiger partial charge in [-0.1, -0.05) is 0 Å². The minimum atomic E-state index is -0.135. The standard InChI is InChI=1S/C14H19N3OS2/c1-8-5-6-12(20-8)10(3)17(4)14(18)11-7-19-13(16-11)9(2)15/h5-7,9-10H,15H2,1-4H3. The van der Waals surface area contributed by atoms with Crippen molar-refractivity contribution in [2.45, 2.75) is 32.9 Å². The molecule has 2 heterocycles. The van der Waals surface area contributed by atoms with Gasteiger partial charge < -0.3 is 10.6 Å². The van der Waals surface area contributed by atoms with Crippen LogP contribution in [-0.2, 0) is 0 Å². The van der Waals surface area contributed by atoms with Gasteiger partial charge in [0.15, 0.2) is 0 Å². The molecule has 6 heteroatoms. The fourth-order valence-corrected chi connectivity index (χ4v) is 3.54. The number of nitrogens with two attached hydrogens (primary N) is 1. The van der Waals surface area contributed by atoms with Gasteiger partial charge in [-0.25, -0.2) is 4.98 Å². The Balaban J connectivity index is 2.15. The van der Waals surface area contributed by atoms with Crippen molar-refractivity contribution in [3.63, 3.8) is 0 Å². The molecule has 2 unspecified atom stereocenters. The van der Waals surface area contributed by atoms with Gasteiger partial charge >= 0.3 is 0 Å². The second-order valence-corrected chi connectivity index (χ2v) is 7.11. The SMILES string of the molecule is Cc1ccc(C(C)N(C)C(=O)c2csc(C(C)N)n2)s1. The average molecular weight is 309 g/mol. The molecule has 2 aromatic heterocycles. The van der Waals surface area contributed by atoms with Gasteiger partial charge in [0.2, 0.25) is 0 Å². The number of aryl methyl sites for hydroxylation is 1. The second kappa shape index (κ2) is 6.03. The van der Waals surface area contributed by atoms with Crippen LogP contribution in [-0.4, -0.2) is 22.8 Å². The lowest BCUT2D eigenvalue weighted by Gasteiger charge is -2.23. The second-order valence-electron chi connectivity index (χ2n) is 4.90. The number of carbonyl (C=O) groups excluding carboxylic acids is 1. The van der Waals surface area contributed by atoms with Crippen LogP contribution in [0.15, 0.2) is 17.5 Å². The number of thiophene rings is 1. The van der Waals surface area contributed by atoms with E-state index in [0.29, 0.717) is 5.69 Å². The minimum Gasteiger partial charge on any atom is -0.333 e. The Kier molecular flexibility index (Phi) is 4.57. The molecule has 108 valence electrons. The molecule has 0 bridgehead atoms. The van der Waals surface area contributed by atoms with Gasteiger partial charge in [0.05, 0.1) is 12.1 Å². The Morgan fingerprint density at radius 3 is 2.60 bits per heavy atom. The fourth-order valence-electron chi connectivity index (χ4n) is 1.82. The Morgan fingerprint density at radius 1 is 1.40 bits per heavy atom. The van der Waals surface area contributed by atoms with Gasteiger partial charge in [-0.05, 0) is 32.9 Å². The van der Waals surface area contributed by atoms with Crippen molar-refractivity contribution in [3.05, 3.63) is 38.0 Å². The van der Waals surface area contributed by atoms with Gasteiger partial charge in [0, 0.05) is 22.2 Å². The maximum atomic E-state index is 12.4. The lowest BCUT2D eigenvalue weighted by Crippen LogP contribution is -2.29. The van der Waals surface area contributed by atoms with Crippen LogP contribution in [0.3, 0.4) is 0 Å². The van der Waals surface area contributed by atoms with Crippen LogP contribution in [0.25, 0.3) is 0 Å². The summed E-state index contributed by atoms with van der Waals surface area (Å²) in [6.07, 6.45) is 0. The van der Waals surface area contributed by atoms with E-state index in [2.05, 4.69) is 24.0 Å². The molecule has 4 nitrogen and oxygen atoms in total. The Hall–Kier alpha value is -1.24. The smallest absolute Gasteiger partial charge is 0.273 e. The third-order valence-electron chi connectivity index (χ3n) is 3.20. The first-order chi connectivity index (χ1) is 9.40. The van der Waals surface area contributed by atoms with E-state index in [0.717, 1.165) is 5.01 Å². The van der Waals surface area contributed by atoms with Crippen molar-refractivity contribution < 1.29 is 4.79 Å². The number of rotatable bonds is 4. The summed E-state index contributed by atoms with van der Waals surface area (Å²) < 4.78 is 0. The van der Waals surface area contributed by atoms with E-state index in [1.54, 1.807) is 21.6 Å². The molecule has 0 aromatic carbocycles. The molecule has 0 radical (unpaired) electrons. The van der Waals surface area contributed by atoms with E-state index < -0.39 is 0 Å². The van der Waals surface area contributed by atoms with Crippen LogP contribution in [0.1, 0.15) is 51.2 Å². The largest absolute Gasteiger partial charge is 0.333 e. The van der Waals surface area contributed by atoms with Gasteiger partial charge in [-0.3, -0.25) is 4.79 Å². The highest BCUT2D eigenvalue weighted by atomic mass is 32.1. The summed E-state index contributed by atoms with van der Waals surface area (Å²) in [5.74, 6) is -0.0632. The highest BCUT2D eigenvalue weighted by molar-refractivity contribution is 7.12. The van der Waals surface area contributed by atoms with E-state index in [-0.39, 0.29) is 18.0 Å². The van der Waals surface area contributed by atoms with E-state index in [1.807, 2.05) is 20.9 Å². The first-order valence-corrected chi connectivity index (χ1v) is 8.14. The van der Waals surface area contributed by atoms with Gasteiger partial charge in [0.1, 0.15) is 10.7 Å². The van der Waals surface area contributed by atoms with Gasteiger partial charge in [0.25, 0.3) is 5.91 Å².